The smallest absolute Gasteiger partial charge is 0.123 e. The van der Waals surface area contributed by atoms with Gasteiger partial charge in [0.15, 0.2) is 0 Å². The molecular formula is C19H29NO. The summed E-state index contributed by atoms with van der Waals surface area (Å²) >= 11 is 0. The van der Waals surface area contributed by atoms with E-state index in [0.29, 0.717) is 6.04 Å². The molecule has 0 saturated heterocycles. The molecule has 1 aromatic rings. The predicted molar refractivity (Wildman–Crippen MR) is 89.9 cm³/mol. The van der Waals surface area contributed by atoms with Gasteiger partial charge in [-0.2, -0.15) is 0 Å². The van der Waals surface area contributed by atoms with Crippen LogP contribution >= 0.6 is 0 Å². The third kappa shape index (κ3) is 4.34. The Morgan fingerprint density at radius 1 is 1.19 bits per heavy atom. The molecule has 0 radical (unpaired) electrons. The van der Waals surface area contributed by atoms with Crippen molar-refractivity contribution in [1.82, 2.24) is 5.32 Å². The second-order valence-corrected chi connectivity index (χ2v) is 5.97. The van der Waals surface area contributed by atoms with Gasteiger partial charge < -0.3 is 10.1 Å². The number of nitrogens with one attached hydrogen (secondary N) is 1. The summed E-state index contributed by atoms with van der Waals surface area (Å²) in [4.78, 5) is 0. The molecule has 0 aliphatic heterocycles. The first-order valence-corrected chi connectivity index (χ1v) is 8.33. The van der Waals surface area contributed by atoms with E-state index in [-0.39, 0.29) is 0 Å². The Balaban J connectivity index is 2.35. The van der Waals surface area contributed by atoms with Crippen LogP contribution in [0.4, 0.5) is 0 Å². The molecule has 0 fully saturated rings. The fourth-order valence-corrected chi connectivity index (χ4v) is 3.20. The Hall–Kier alpha value is -1.28. The van der Waals surface area contributed by atoms with E-state index in [1.165, 1.54) is 49.7 Å². The quantitative estimate of drug-likeness (QED) is 0.775. The Morgan fingerprint density at radius 2 is 2.00 bits per heavy atom. The topological polar surface area (TPSA) is 21.3 Å². The van der Waals surface area contributed by atoms with Gasteiger partial charge in [0.2, 0.25) is 0 Å². The summed E-state index contributed by atoms with van der Waals surface area (Å²) in [5.41, 5.74) is 4.12. The zero-order valence-corrected chi connectivity index (χ0v) is 13.7. The normalized spacial score (nSPS) is 20.0. The number of benzene rings is 1. The van der Waals surface area contributed by atoms with E-state index in [9.17, 15) is 0 Å². The highest BCUT2D eigenvalue weighted by Gasteiger charge is 2.20. The summed E-state index contributed by atoms with van der Waals surface area (Å²) in [6.45, 7) is 5.30. The van der Waals surface area contributed by atoms with Crippen LogP contribution < -0.4 is 10.1 Å². The van der Waals surface area contributed by atoms with Gasteiger partial charge in [-0.3, -0.25) is 0 Å². The number of allylic oxidation sites excluding steroid dienone is 1. The van der Waals surface area contributed by atoms with E-state index in [2.05, 4.69) is 43.4 Å². The van der Waals surface area contributed by atoms with Crippen molar-refractivity contribution in [1.29, 1.82) is 0 Å². The van der Waals surface area contributed by atoms with Crippen molar-refractivity contribution in [2.45, 2.75) is 58.4 Å². The molecule has 0 amide bonds. The zero-order valence-electron chi connectivity index (χ0n) is 13.7. The van der Waals surface area contributed by atoms with E-state index in [1.807, 2.05) is 0 Å². The molecule has 2 rings (SSSR count). The van der Waals surface area contributed by atoms with E-state index < -0.39 is 0 Å². The van der Waals surface area contributed by atoms with Crippen molar-refractivity contribution < 1.29 is 4.74 Å². The maximum atomic E-state index is 5.61. The van der Waals surface area contributed by atoms with Gasteiger partial charge in [-0.1, -0.05) is 49.1 Å². The fraction of sp³-hybridized carbons (Fsp3) is 0.579. The highest BCUT2D eigenvalue weighted by Crippen LogP contribution is 2.34. The second kappa shape index (κ2) is 8.23. The van der Waals surface area contributed by atoms with Gasteiger partial charge in [-0.25, -0.2) is 0 Å². The minimum absolute atomic E-state index is 0.294. The first kappa shape index (κ1) is 16.1. The van der Waals surface area contributed by atoms with E-state index in [0.717, 1.165) is 12.3 Å². The van der Waals surface area contributed by atoms with Gasteiger partial charge in [0, 0.05) is 5.56 Å². The maximum Gasteiger partial charge on any atom is 0.123 e. The van der Waals surface area contributed by atoms with Crippen LogP contribution in [0.2, 0.25) is 0 Å². The lowest BCUT2D eigenvalue weighted by molar-refractivity contribution is 0.402. The molecule has 0 bridgehead atoms. The van der Waals surface area contributed by atoms with Crippen molar-refractivity contribution in [2.24, 2.45) is 0 Å². The third-order valence-corrected chi connectivity index (χ3v) is 4.30. The van der Waals surface area contributed by atoms with Crippen LogP contribution in [0.5, 0.6) is 5.75 Å². The Labute approximate surface area is 129 Å². The fourth-order valence-electron chi connectivity index (χ4n) is 3.20. The van der Waals surface area contributed by atoms with E-state index >= 15 is 0 Å². The highest BCUT2D eigenvalue weighted by atomic mass is 16.5. The zero-order chi connectivity index (χ0) is 15.1. The first-order valence-electron chi connectivity index (χ1n) is 8.33. The number of methoxy groups -OCH3 is 1. The van der Waals surface area contributed by atoms with Crippen LogP contribution in [-0.2, 0) is 0 Å². The number of hydrogen-bond acceptors (Lipinski definition) is 2. The monoisotopic (exact) mass is 287 g/mol. The van der Waals surface area contributed by atoms with Crippen molar-refractivity contribution in [2.75, 3.05) is 13.7 Å². The molecule has 1 atom stereocenters. The molecule has 0 spiro atoms. The van der Waals surface area contributed by atoms with Gasteiger partial charge in [0.1, 0.15) is 5.75 Å². The van der Waals surface area contributed by atoms with Crippen molar-refractivity contribution in [3.8, 4) is 5.75 Å². The number of rotatable bonds is 5. The molecule has 1 aromatic carbocycles. The van der Waals surface area contributed by atoms with Gasteiger partial charge >= 0.3 is 0 Å². The maximum absolute atomic E-state index is 5.61. The molecule has 1 aliphatic carbocycles. The molecular weight excluding hydrogens is 258 g/mol. The lowest BCUT2D eigenvalue weighted by Gasteiger charge is -2.25. The van der Waals surface area contributed by atoms with Crippen molar-refractivity contribution >= 4 is 0 Å². The van der Waals surface area contributed by atoms with Gasteiger partial charge in [0.05, 0.1) is 13.2 Å². The summed E-state index contributed by atoms with van der Waals surface area (Å²) < 4.78 is 5.61. The SMILES string of the molecule is CCNC(/C1=C/CCCCCC1)c1cc(C)ccc1OC. The molecule has 116 valence electrons. The van der Waals surface area contributed by atoms with Gasteiger partial charge in [-0.05, 0) is 45.2 Å². The third-order valence-electron chi connectivity index (χ3n) is 4.30. The average molecular weight is 287 g/mol. The Bertz CT molecular complexity index is 478. The average Bonchev–Trinajstić information content (AvgIpc) is 2.45. The summed E-state index contributed by atoms with van der Waals surface area (Å²) in [6, 6.07) is 6.78. The van der Waals surface area contributed by atoms with Crippen LogP contribution in [0.25, 0.3) is 0 Å². The van der Waals surface area contributed by atoms with Gasteiger partial charge in [0.25, 0.3) is 0 Å². The summed E-state index contributed by atoms with van der Waals surface area (Å²) in [7, 11) is 1.77. The largest absolute Gasteiger partial charge is 0.496 e. The number of likely N-dealkylation sites (N-methyl/N-ethyl adjacent to an activating group) is 1. The van der Waals surface area contributed by atoms with Crippen LogP contribution in [0.3, 0.4) is 0 Å². The van der Waals surface area contributed by atoms with Crippen molar-refractivity contribution in [3.05, 3.63) is 41.0 Å². The minimum atomic E-state index is 0.294. The molecule has 0 saturated carbocycles. The standard InChI is InChI=1S/C19H29NO/c1-4-20-19(16-10-8-6-5-7-9-11-16)17-14-15(2)12-13-18(17)21-3/h10,12-14,19-20H,4-9,11H2,1-3H3/b16-10+. The molecule has 0 heterocycles. The molecule has 2 nitrogen and oxygen atoms in total. The van der Waals surface area contributed by atoms with Crippen LogP contribution in [0, 0.1) is 6.92 Å². The molecule has 1 aliphatic rings. The van der Waals surface area contributed by atoms with Gasteiger partial charge in [-0.15, -0.1) is 0 Å². The summed E-state index contributed by atoms with van der Waals surface area (Å²) in [6.07, 6.45) is 10.3. The van der Waals surface area contributed by atoms with Crippen LogP contribution in [-0.4, -0.2) is 13.7 Å². The minimum Gasteiger partial charge on any atom is -0.496 e. The van der Waals surface area contributed by atoms with Crippen LogP contribution in [0.1, 0.15) is 62.6 Å². The first-order chi connectivity index (χ1) is 10.3. The van der Waals surface area contributed by atoms with Crippen LogP contribution in [0.15, 0.2) is 29.8 Å². The molecule has 1 unspecified atom stereocenters. The number of aryl methyl sites for hydroxylation is 1. The number of ether oxygens (including phenoxy) is 1. The van der Waals surface area contributed by atoms with E-state index in [1.54, 1.807) is 12.7 Å². The predicted octanol–water partition coefficient (Wildman–Crippen LogP) is 4.93. The van der Waals surface area contributed by atoms with E-state index in [4.69, 9.17) is 4.74 Å². The summed E-state index contributed by atoms with van der Waals surface area (Å²) in [5.74, 6) is 0.995. The second-order valence-electron chi connectivity index (χ2n) is 5.97. The van der Waals surface area contributed by atoms with Crippen molar-refractivity contribution in [3.63, 3.8) is 0 Å². The molecule has 2 heteroatoms. The molecule has 1 N–H and O–H groups in total. The molecule has 21 heavy (non-hydrogen) atoms. The Morgan fingerprint density at radius 3 is 2.76 bits per heavy atom. The lowest BCUT2D eigenvalue weighted by Crippen LogP contribution is -2.24. The number of hydrogen-bond donors (Lipinski definition) is 1. The highest BCUT2D eigenvalue weighted by molar-refractivity contribution is 5.43. The lowest BCUT2D eigenvalue weighted by atomic mass is 9.90. The Kier molecular flexibility index (Phi) is 6.31. The summed E-state index contributed by atoms with van der Waals surface area (Å²) in [5, 5.41) is 3.67. The molecule has 0 aromatic heterocycles.